The first-order chi connectivity index (χ1) is 11.1. The van der Waals surface area contributed by atoms with Crippen molar-refractivity contribution in [3.8, 4) is 0 Å². The summed E-state index contributed by atoms with van der Waals surface area (Å²) in [5.74, 6) is 0.304. The maximum absolute atomic E-state index is 12.4. The largest absolute Gasteiger partial charge is 0.385 e. The molecule has 0 saturated carbocycles. The highest BCUT2D eigenvalue weighted by atomic mass is 16.5. The van der Waals surface area contributed by atoms with Crippen molar-refractivity contribution in [1.82, 2.24) is 4.90 Å². The smallest absolute Gasteiger partial charge is 0.222 e. The van der Waals surface area contributed by atoms with Crippen LogP contribution >= 0.6 is 0 Å². The van der Waals surface area contributed by atoms with Gasteiger partial charge in [-0.05, 0) is 38.8 Å². The van der Waals surface area contributed by atoms with Crippen LogP contribution in [-0.2, 0) is 9.53 Å². The summed E-state index contributed by atoms with van der Waals surface area (Å²) in [6.07, 6.45) is 3.74. The van der Waals surface area contributed by atoms with E-state index >= 15 is 0 Å². The number of carbonyl (C=O) groups is 1. The third-order valence-corrected chi connectivity index (χ3v) is 4.59. The van der Waals surface area contributed by atoms with Crippen LogP contribution in [0.2, 0.25) is 0 Å². The van der Waals surface area contributed by atoms with Crippen LogP contribution in [0.25, 0.3) is 0 Å². The average molecular weight is 318 g/mol. The van der Waals surface area contributed by atoms with E-state index in [-0.39, 0.29) is 6.04 Å². The minimum Gasteiger partial charge on any atom is -0.385 e. The monoisotopic (exact) mass is 318 g/mol. The molecule has 0 unspecified atom stereocenters. The van der Waals surface area contributed by atoms with E-state index in [0.717, 1.165) is 45.5 Å². The Balaban J connectivity index is 1.79. The van der Waals surface area contributed by atoms with Gasteiger partial charge in [-0.25, -0.2) is 0 Å². The molecule has 1 heterocycles. The van der Waals surface area contributed by atoms with Gasteiger partial charge in [-0.1, -0.05) is 24.1 Å². The Hall–Kier alpha value is -1.55. The maximum Gasteiger partial charge on any atom is 0.222 e. The molecule has 1 aromatic rings. The minimum absolute atomic E-state index is 0.275. The van der Waals surface area contributed by atoms with Gasteiger partial charge in [-0.2, -0.15) is 0 Å². The van der Waals surface area contributed by atoms with Gasteiger partial charge in [-0.15, -0.1) is 0 Å². The van der Waals surface area contributed by atoms with Crippen molar-refractivity contribution in [2.75, 3.05) is 38.3 Å². The highest BCUT2D eigenvalue weighted by molar-refractivity contribution is 5.76. The zero-order chi connectivity index (χ0) is 16.7. The van der Waals surface area contributed by atoms with E-state index in [1.54, 1.807) is 7.11 Å². The number of ether oxygens (including phenoxy) is 1. The zero-order valence-electron chi connectivity index (χ0n) is 14.8. The van der Waals surface area contributed by atoms with E-state index in [1.165, 1.54) is 11.3 Å². The average Bonchev–Trinajstić information content (AvgIpc) is 2.55. The summed E-state index contributed by atoms with van der Waals surface area (Å²) >= 11 is 0. The van der Waals surface area contributed by atoms with Crippen molar-refractivity contribution >= 4 is 11.6 Å². The zero-order valence-corrected chi connectivity index (χ0v) is 14.8. The van der Waals surface area contributed by atoms with Gasteiger partial charge in [0.1, 0.15) is 0 Å². The summed E-state index contributed by atoms with van der Waals surface area (Å²) < 4.78 is 5.04. The van der Waals surface area contributed by atoms with Gasteiger partial charge in [0.2, 0.25) is 5.91 Å². The summed E-state index contributed by atoms with van der Waals surface area (Å²) in [5.41, 5.74) is 2.54. The highest BCUT2D eigenvalue weighted by Crippen LogP contribution is 2.20. The fourth-order valence-corrected chi connectivity index (χ4v) is 3.16. The van der Waals surface area contributed by atoms with E-state index in [2.05, 4.69) is 47.9 Å². The lowest BCUT2D eigenvalue weighted by Gasteiger charge is -2.41. The number of hydrogen-bond donors (Lipinski definition) is 0. The number of aryl methyl sites for hydroxylation is 1. The van der Waals surface area contributed by atoms with Crippen molar-refractivity contribution < 1.29 is 9.53 Å². The normalized spacial score (nSPS) is 18.3. The molecular formula is C19H30N2O2. The number of rotatable bonds is 7. The number of methoxy groups -OCH3 is 1. The molecule has 1 atom stereocenters. The summed E-state index contributed by atoms with van der Waals surface area (Å²) in [4.78, 5) is 16.8. The first-order valence-corrected chi connectivity index (χ1v) is 8.72. The van der Waals surface area contributed by atoms with E-state index < -0.39 is 0 Å². The van der Waals surface area contributed by atoms with Crippen LogP contribution in [0.5, 0.6) is 0 Å². The molecule has 1 fully saturated rings. The summed E-state index contributed by atoms with van der Waals surface area (Å²) in [6, 6.07) is 8.93. The summed E-state index contributed by atoms with van der Waals surface area (Å²) in [6.45, 7) is 7.71. The van der Waals surface area contributed by atoms with Crippen LogP contribution in [0.4, 0.5) is 5.69 Å². The Bertz CT molecular complexity index is 487. The number of benzene rings is 1. The fourth-order valence-electron chi connectivity index (χ4n) is 3.16. The van der Waals surface area contributed by atoms with E-state index in [1.807, 2.05) is 0 Å². The number of piperazine rings is 1. The first-order valence-electron chi connectivity index (χ1n) is 8.72. The Kier molecular flexibility index (Phi) is 6.90. The molecule has 1 aliphatic rings. The first kappa shape index (κ1) is 17.8. The number of hydrogen-bond acceptors (Lipinski definition) is 3. The molecule has 0 aliphatic carbocycles. The van der Waals surface area contributed by atoms with Gasteiger partial charge >= 0.3 is 0 Å². The van der Waals surface area contributed by atoms with Crippen LogP contribution in [0.3, 0.4) is 0 Å². The molecule has 4 nitrogen and oxygen atoms in total. The third kappa shape index (κ3) is 5.24. The Morgan fingerprint density at radius 2 is 1.91 bits per heavy atom. The quantitative estimate of drug-likeness (QED) is 0.724. The van der Waals surface area contributed by atoms with Crippen molar-refractivity contribution in [2.45, 2.75) is 45.6 Å². The maximum atomic E-state index is 12.4. The fraction of sp³-hybridized carbons (Fsp3) is 0.632. The van der Waals surface area contributed by atoms with Gasteiger partial charge in [0, 0.05) is 51.5 Å². The van der Waals surface area contributed by atoms with E-state index in [9.17, 15) is 4.79 Å². The molecule has 0 N–H and O–H groups in total. The molecular weight excluding hydrogens is 288 g/mol. The van der Waals surface area contributed by atoms with E-state index in [0.29, 0.717) is 12.3 Å². The van der Waals surface area contributed by atoms with Crippen LogP contribution in [0, 0.1) is 6.92 Å². The lowest BCUT2D eigenvalue weighted by atomic mass is 10.1. The summed E-state index contributed by atoms with van der Waals surface area (Å²) in [5, 5.41) is 0. The van der Waals surface area contributed by atoms with Crippen molar-refractivity contribution in [2.24, 2.45) is 0 Å². The Morgan fingerprint density at radius 3 is 2.57 bits per heavy atom. The van der Waals surface area contributed by atoms with Crippen molar-refractivity contribution in [3.05, 3.63) is 29.8 Å². The molecule has 0 aromatic heterocycles. The minimum atomic E-state index is 0.275. The molecule has 1 aromatic carbocycles. The predicted molar refractivity (Wildman–Crippen MR) is 94.9 cm³/mol. The molecule has 0 radical (unpaired) electrons. The lowest BCUT2D eigenvalue weighted by molar-refractivity contribution is -0.133. The van der Waals surface area contributed by atoms with Crippen molar-refractivity contribution in [3.63, 3.8) is 0 Å². The highest BCUT2D eigenvalue weighted by Gasteiger charge is 2.26. The van der Waals surface area contributed by atoms with Crippen LogP contribution in [-0.4, -0.2) is 50.2 Å². The lowest BCUT2D eigenvalue weighted by Crippen LogP contribution is -2.54. The number of nitrogens with zero attached hydrogens (tertiary/aromatic N) is 2. The Labute approximate surface area is 140 Å². The van der Waals surface area contributed by atoms with Crippen LogP contribution in [0.15, 0.2) is 24.3 Å². The molecule has 1 saturated heterocycles. The molecule has 128 valence electrons. The SMILES string of the molecule is COCCCCCC(=O)N1CCN(c2ccc(C)cc2)C[C@H]1C. The molecule has 23 heavy (non-hydrogen) atoms. The van der Waals surface area contributed by atoms with Gasteiger partial charge in [0.15, 0.2) is 0 Å². The topological polar surface area (TPSA) is 32.8 Å². The molecule has 0 bridgehead atoms. The molecule has 1 amide bonds. The molecule has 0 spiro atoms. The second-order valence-electron chi connectivity index (χ2n) is 6.52. The van der Waals surface area contributed by atoms with Crippen LogP contribution in [0.1, 0.15) is 38.2 Å². The number of unbranched alkanes of at least 4 members (excludes halogenated alkanes) is 2. The van der Waals surface area contributed by atoms with Gasteiger partial charge in [0.05, 0.1) is 0 Å². The van der Waals surface area contributed by atoms with Crippen molar-refractivity contribution in [1.29, 1.82) is 0 Å². The second-order valence-corrected chi connectivity index (χ2v) is 6.52. The number of anilines is 1. The van der Waals surface area contributed by atoms with Crippen LogP contribution < -0.4 is 4.90 Å². The molecule has 1 aliphatic heterocycles. The Morgan fingerprint density at radius 1 is 1.17 bits per heavy atom. The van der Waals surface area contributed by atoms with Gasteiger partial charge in [0.25, 0.3) is 0 Å². The third-order valence-electron chi connectivity index (χ3n) is 4.59. The predicted octanol–water partition coefficient (Wildman–Crippen LogP) is 3.24. The molecule has 2 rings (SSSR count). The van der Waals surface area contributed by atoms with Gasteiger partial charge < -0.3 is 14.5 Å². The van der Waals surface area contributed by atoms with Gasteiger partial charge in [-0.3, -0.25) is 4.79 Å². The number of amides is 1. The molecule has 4 heteroatoms. The summed E-state index contributed by atoms with van der Waals surface area (Å²) in [7, 11) is 1.72. The number of carbonyl (C=O) groups excluding carboxylic acids is 1. The second kappa shape index (κ2) is 8.92. The van der Waals surface area contributed by atoms with E-state index in [4.69, 9.17) is 4.74 Å². The standard InChI is InChI=1S/C19H30N2O2/c1-16-8-10-18(11-9-16)20-12-13-21(17(2)15-20)19(22)7-5-4-6-14-23-3/h8-11,17H,4-7,12-15H2,1-3H3/t17-/m1/s1.